The van der Waals surface area contributed by atoms with Crippen LogP contribution in [0.25, 0.3) is 0 Å². The third kappa shape index (κ3) is 4.99. The Morgan fingerprint density at radius 1 is 0.906 bits per heavy atom. The van der Waals surface area contributed by atoms with Crippen LogP contribution in [0, 0.1) is 6.92 Å². The second kappa shape index (κ2) is 9.96. The Hall–Kier alpha value is -3.19. The van der Waals surface area contributed by atoms with Crippen LogP contribution in [0.4, 0.5) is 5.69 Å². The molecule has 2 aliphatic heterocycles. The van der Waals surface area contributed by atoms with Crippen LogP contribution in [0.15, 0.2) is 48.5 Å². The Morgan fingerprint density at radius 3 is 2.38 bits per heavy atom. The number of hydrogen-bond donors (Lipinski definition) is 1. The van der Waals surface area contributed by atoms with E-state index in [2.05, 4.69) is 39.4 Å². The molecule has 4 rings (SSSR count). The highest BCUT2D eigenvalue weighted by Crippen LogP contribution is 2.24. The summed E-state index contributed by atoms with van der Waals surface area (Å²) >= 11 is 0. The Balaban J connectivity index is 1.13. The van der Waals surface area contributed by atoms with Gasteiger partial charge in [0.05, 0.1) is 11.1 Å². The molecular formula is C25H30N4O3. The third-order valence-electron chi connectivity index (χ3n) is 6.16. The summed E-state index contributed by atoms with van der Waals surface area (Å²) in [6.07, 6.45) is 0.764. The lowest BCUT2D eigenvalue weighted by atomic mass is 10.1. The fraction of sp³-hybridized carbons (Fsp3) is 0.400. The van der Waals surface area contributed by atoms with Crippen molar-refractivity contribution in [3.8, 4) is 0 Å². The first-order valence-corrected chi connectivity index (χ1v) is 11.3. The number of carbonyl (C=O) groups is 3. The standard InChI is InChI=1S/C25H30N4O3/c1-19-9-10-21-22(18-19)25(32)29(24(21)31)12-5-8-23(30)26-11-13-27-14-16-28(17-15-27)20-6-3-2-4-7-20/h2-4,6-7,9-10,18H,5,8,11-17H2,1H3,(H,26,30). The van der Waals surface area contributed by atoms with Crippen LogP contribution in [0.5, 0.6) is 0 Å². The van der Waals surface area contributed by atoms with E-state index in [1.165, 1.54) is 10.6 Å². The summed E-state index contributed by atoms with van der Waals surface area (Å²) in [5, 5.41) is 2.96. The summed E-state index contributed by atoms with van der Waals surface area (Å²) in [6.45, 7) is 7.51. The number of para-hydroxylation sites is 1. The zero-order valence-corrected chi connectivity index (χ0v) is 18.5. The fourth-order valence-electron chi connectivity index (χ4n) is 4.32. The number of nitrogens with zero attached hydrogens (tertiary/aromatic N) is 3. The molecule has 0 saturated carbocycles. The Morgan fingerprint density at radius 2 is 1.62 bits per heavy atom. The maximum atomic E-state index is 12.5. The van der Waals surface area contributed by atoms with Crippen LogP contribution in [0.3, 0.4) is 0 Å². The number of amides is 3. The smallest absolute Gasteiger partial charge is 0.261 e. The minimum absolute atomic E-state index is 0.0413. The van der Waals surface area contributed by atoms with Crippen LogP contribution in [0.1, 0.15) is 39.1 Å². The normalized spacial score (nSPS) is 16.4. The van der Waals surface area contributed by atoms with E-state index in [1.807, 2.05) is 19.1 Å². The van der Waals surface area contributed by atoms with Crippen LogP contribution in [0.2, 0.25) is 0 Å². The highest BCUT2D eigenvalue weighted by atomic mass is 16.2. The molecule has 32 heavy (non-hydrogen) atoms. The molecule has 0 radical (unpaired) electrons. The van der Waals surface area contributed by atoms with Gasteiger partial charge in [-0.25, -0.2) is 0 Å². The van der Waals surface area contributed by atoms with Gasteiger partial charge in [-0.3, -0.25) is 24.2 Å². The lowest BCUT2D eigenvalue weighted by Gasteiger charge is -2.36. The summed E-state index contributed by atoms with van der Waals surface area (Å²) in [4.78, 5) is 43.1. The monoisotopic (exact) mass is 434 g/mol. The van der Waals surface area contributed by atoms with Crippen LogP contribution >= 0.6 is 0 Å². The molecule has 0 unspecified atom stereocenters. The number of nitrogens with one attached hydrogen (secondary N) is 1. The van der Waals surface area contributed by atoms with Gasteiger partial charge in [0.2, 0.25) is 5.91 Å². The molecule has 7 nitrogen and oxygen atoms in total. The molecule has 2 aliphatic rings. The summed E-state index contributed by atoms with van der Waals surface area (Å²) in [5.41, 5.74) is 3.13. The Labute approximate surface area is 189 Å². The van der Waals surface area contributed by atoms with Crippen molar-refractivity contribution in [3.63, 3.8) is 0 Å². The van der Waals surface area contributed by atoms with E-state index in [0.717, 1.165) is 38.3 Å². The van der Waals surface area contributed by atoms with E-state index in [-0.39, 0.29) is 24.3 Å². The van der Waals surface area contributed by atoms with Gasteiger partial charge in [-0.1, -0.05) is 29.8 Å². The number of aryl methyl sites for hydroxylation is 1. The molecular weight excluding hydrogens is 404 g/mol. The number of fused-ring (bicyclic) bond motifs is 1. The van der Waals surface area contributed by atoms with Gasteiger partial charge < -0.3 is 10.2 Å². The Kier molecular flexibility index (Phi) is 6.85. The van der Waals surface area contributed by atoms with E-state index >= 15 is 0 Å². The molecule has 0 aromatic heterocycles. The van der Waals surface area contributed by atoms with Crippen molar-refractivity contribution >= 4 is 23.4 Å². The quantitative estimate of drug-likeness (QED) is 0.646. The number of carbonyl (C=O) groups excluding carboxylic acids is 3. The second-order valence-electron chi connectivity index (χ2n) is 8.43. The molecule has 3 amide bonds. The molecule has 168 valence electrons. The van der Waals surface area contributed by atoms with Gasteiger partial charge in [-0.15, -0.1) is 0 Å². The molecule has 1 fully saturated rings. The Bertz CT molecular complexity index is 984. The van der Waals surface area contributed by atoms with E-state index in [9.17, 15) is 14.4 Å². The van der Waals surface area contributed by atoms with Gasteiger partial charge in [-0.2, -0.15) is 0 Å². The number of benzene rings is 2. The van der Waals surface area contributed by atoms with E-state index in [1.54, 1.807) is 12.1 Å². The maximum Gasteiger partial charge on any atom is 0.261 e. The molecule has 1 saturated heterocycles. The van der Waals surface area contributed by atoms with Crippen LogP contribution in [-0.4, -0.2) is 73.3 Å². The first-order valence-electron chi connectivity index (χ1n) is 11.3. The second-order valence-corrected chi connectivity index (χ2v) is 8.43. The molecule has 0 atom stereocenters. The molecule has 7 heteroatoms. The molecule has 2 aromatic carbocycles. The van der Waals surface area contributed by atoms with E-state index < -0.39 is 0 Å². The first kappa shape index (κ1) is 22.0. The summed E-state index contributed by atoms with van der Waals surface area (Å²) in [7, 11) is 0. The SMILES string of the molecule is Cc1ccc2c(c1)C(=O)N(CCCC(=O)NCCN1CCN(c3ccccc3)CC1)C2=O. The predicted octanol–water partition coefficient (Wildman–Crippen LogP) is 2.31. The average Bonchev–Trinajstić information content (AvgIpc) is 3.04. The first-order chi connectivity index (χ1) is 15.5. The predicted molar refractivity (Wildman–Crippen MR) is 124 cm³/mol. The molecule has 0 aliphatic carbocycles. The lowest BCUT2D eigenvalue weighted by Crippen LogP contribution is -2.48. The van der Waals surface area contributed by atoms with Gasteiger partial charge in [0.25, 0.3) is 11.8 Å². The molecule has 0 spiro atoms. The zero-order chi connectivity index (χ0) is 22.5. The highest BCUT2D eigenvalue weighted by Gasteiger charge is 2.34. The maximum absolute atomic E-state index is 12.5. The van der Waals surface area contributed by atoms with Crippen molar-refractivity contribution in [1.82, 2.24) is 15.1 Å². The number of anilines is 1. The van der Waals surface area contributed by atoms with Gasteiger partial charge in [0, 0.05) is 57.9 Å². The van der Waals surface area contributed by atoms with Crippen molar-refractivity contribution in [2.24, 2.45) is 0 Å². The molecule has 0 bridgehead atoms. The fourth-order valence-corrected chi connectivity index (χ4v) is 4.32. The minimum atomic E-state index is -0.264. The number of imide groups is 1. The number of hydrogen-bond acceptors (Lipinski definition) is 5. The van der Waals surface area contributed by atoms with Gasteiger partial charge >= 0.3 is 0 Å². The van der Waals surface area contributed by atoms with Crippen molar-refractivity contribution in [2.45, 2.75) is 19.8 Å². The molecule has 2 heterocycles. The van der Waals surface area contributed by atoms with Gasteiger partial charge in [0.15, 0.2) is 0 Å². The van der Waals surface area contributed by atoms with Crippen LogP contribution in [-0.2, 0) is 4.79 Å². The highest BCUT2D eigenvalue weighted by molar-refractivity contribution is 6.21. The number of rotatable bonds is 8. The van der Waals surface area contributed by atoms with Crippen LogP contribution < -0.4 is 10.2 Å². The van der Waals surface area contributed by atoms with Gasteiger partial charge in [-0.05, 0) is 37.6 Å². The molecule has 2 aromatic rings. The van der Waals surface area contributed by atoms with Crippen molar-refractivity contribution in [3.05, 3.63) is 65.2 Å². The summed E-state index contributed by atoms with van der Waals surface area (Å²) in [6, 6.07) is 15.7. The van der Waals surface area contributed by atoms with Gasteiger partial charge in [0.1, 0.15) is 0 Å². The summed E-state index contributed by atoms with van der Waals surface area (Å²) in [5.74, 6) is -0.566. The van der Waals surface area contributed by atoms with Crippen molar-refractivity contribution in [1.29, 1.82) is 0 Å². The summed E-state index contributed by atoms with van der Waals surface area (Å²) < 4.78 is 0. The topological polar surface area (TPSA) is 73.0 Å². The van der Waals surface area contributed by atoms with E-state index in [4.69, 9.17) is 0 Å². The lowest BCUT2D eigenvalue weighted by molar-refractivity contribution is -0.121. The zero-order valence-electron chi connectivity index (χ0n) is 18.5. The average molecular weight is 435 g/mol. The number of piperazine rings is 1. The van der Waals surface area contributed by atoms with Crippen molar-refractivity contribution < 1.29 is 14.4 Å². The van der Waals surface area contributed by atoms with E-state index in [0.29, 0.717) is 30.5 Å². The minimum Gasteiger partial charge on any atom is -0.369 e. The third-order valence-corrected chi connectivity index (χ3v) is 6.16. The largest absolute Gasteiger partial charge is 0.369 e. The van der Waals surface area contributed by atoms with Crippen molar-refractivity contribution in [2.75, 3.05) is 50.7 Å². The molecule has 1 N–H and O–H groups in total.